The summed E-state index contributed by atoms with van der Waals surface area (Å²) < 4.78 is 6.53. The maximum absolute atomic E-state index is 5.27. The first kappa shape index (κ1) is 22.4. The van der Waals surface area contributed by atoms with Crippen LogP contribution in [0.25, 0.3) is 10.2 Å². The van der Waals surface area contributed by atoms with Gasteiger partial charge in [-0.1, -0.05) is 24.3 Å². The lowest BCUT2D eigenvalue weighted by Crippen LogP contribution is -2.37. The van der Waals surface area contributed by atoms with E-state index >= 15 is 0 Å². The van der Waals surface area contributed by atoms with E-state index in [2.05, 4.69) is 46.8 Å². The summed E-state index contributed by atoms with van der Waals surface area (Å²) in [4.78, 5) is 9.36. The molecule has 2 N–H and O–H groups in total. The van der Waals surface area contributed by atoms with Gasteiger partial charge in [0.1, 0.15) is 5.75 Å². The first-order valence-electron chi connectivity index (χ1n) is 9.28. The van der Waals surface area contributed by atoms with Crippen LogP contribution in [0.1, 0.15) is 23.9 Å². The van der Waals surface area contributed by atoms with E-state index in [1.807, 2.05) is 24.3 Å². The quantitative estimate of drug-likeness (QED) is 0.201. The van der Waals surface area contributed by atoms with Crippen molar-refractivity contribution in [2.75, 3.05) is 20.2 Å². The standard InChI is InChI=1S/C21H26N4OS.HI/c1-3-22-21(24-15-16-8-6-9-17(14-16)26-2)23-13-7-12-20-25-18-10-4-5-11-19(18)27-20;/h4-6,8-11,14H,3,7,12-13,15H2,1-2H3,(H2,22,23,24);1H. The first-order chi connectivity index (χ1) is 13.3. The van der Waals surface area contributed by atoms with Gasteiger partial charge in [-0.25, -0.2) is 9.98 Å². The van der Waals surface area contributed by atoms with E-state index in [1.165, 1.54) is 9.71 Å². The number of para-hydroxylation sites is 1. The Hall–Kier alpha value is -1.87. The smallest absolute Gasteiger partial charge is 0.191 e. The SMILES string of the molecule is CCNC(=NCc1cccc(OC)c1)NCCCc1nc2ccccc2s1.I. The Bertz CT molecular complexity index is 864. The molecule has 0 amide bonds. The maximum Gasteiger partial charge on any atom is 0.191 e. The van der Waals surface area contributed by atoms with Crippen LogP contribution in [0, 0.1) is 0 Å². The third-order valence-corrected chi connectivity index (χ3v) is 5.19. The number of ether oxygens (including phenoxy) is 1. The molecule has 0 radical (unpaired) electrons. The topological polar surface area (TPSA) is 58.5 Å². The zero-order chi connectivity index (χ0) is 18.9. The number of thiazole rings is 1. The Morgan fingerprint density at radius 2 is 2.00 bits per heavy atom. The minimum absolute atomic E-state index is 0. The molecular formula is C21H27IN4OS. The molecule has 3 rings (SSSR count). The lowest BCUT2D eigenvalue weighted by Gasteiger charge is -2.11. The highest BCUT2D eigenvalue weighted by molar-refractivity contribution is 14.0. The molecule has 5 nitrogen and oxygen atoms in total. The molecule has 0 saturated carbocycles. The van der Waals surface area contributed by atoms with Gasteiger partial charge >= 0.3 is 0 Å². The summed E-state index contributed by atoms with van der Waals surface area (Å²) in [6, 6.07) is 16.3. The van der Waals surface area contributed by atoms with E-state index in [1.54, 1.807) is 18.4 Å². The number of nitrogens with one attached hydrogen (secondary N) is 2. The van der Waals surface area contributed by atoms with Gasteiger partial charge in [0, 0.05) is 19.5 Å². The van der Waals surface area contributed by atoms with E-state index in [4.69, 9.17) is 9.72 Å². The summed E-state index contributed by atoms with van der Waals surface area (Å²) >= 11 is 1.78. The van der Waals surface area contributed by atoms with Crippen LogP contribution < -0.4 is 15.4 Å². The van der Waals surface area contributed by atoms with Gasteiger partial charge in [-0.05, 0) is 43.2 Å². The summed E-state index contributed by atoms with van der Waals surface area (Å²) in [6.45, 7) is 4.38. The van der Waals surface area contributed by atoms with Crippen LogP contribution in [0.15, 0.2) is 53.5 Å². The monoisotopic (exact) mass is 510 g/mol. The molecule has 150 valence electrons. The molecule has 0 atom stereocenters. The molecule has 2 aromatic carbocycles. The van der Waals surface area contributed by atoms with Crippen molar-refractivity contribution in [3.8, 4) is 5.75 Å². The highest BCUT2D eigenvalue weighted by Gasteiger charge is 2.03. The lowest BCUT2D eigenvalue weighted by atomic mass is 10.2. The zero-order valence-corrected chi connectivity index (χ0v) is 19.4. The number of benzene rings is 2. The van der Waals surface area contributed by atoms with Gasteiger partial charge in [0.2, 0.25) is 0 Å². The van der Waals surface area contributed by atoms with Gasteiger partial charge in [-0.3, -0.25) is 0 Å². The maximum atomic E-state index is 5.27. The van der Waals surface area contributed by atoms with E-state index in [0.29, 0.717) is 6.54 Å². The van der Waals surface area contributed by atoms with Gasteiger partial charge < -0.3 is 15.4 Å². The molecule has 0 spiro atoms. The number of aliphatic imine (C=N–C) groups is 1. The Kier molecular flexibility index (Phi) is 9.49. The predicted octanol–water partition coefficient (Wildman–Crippen LogP) is 4.61. The fourth-order valence-electron chi connectivity index (χ4n) is 2.76. The minimum Gasteiger partial charge on any atom is -0.497 e. The van der Waals surface area contributed by atoms with Crippen LogP contribution in [-0.4, -0.2) is 31.1 Å². The largest absolute Gasteiger partial charge is 0.497 e. The van der Waals surface area contributed by atoms with Gasteiger partial charge in [0.05, 0.1) is 28.9 Å². The highest BCUT2D eigenvalue weighted by Crippen LogP contribution is 2.22. The molecule has 0 saturated heterocycles. The molecule has 0 aliphatic carbocycles. The van der Waals surface area contributed by atoms with E-state index in [0.717, 1.165) is 48.7 Å². The number of aromatic nitrogens is 1. The predicted molar refractivity (Wildman–Crippen MR) is 129 cm³/mol. The van der Waals surface area contributed by atoms with Crippen molar-refractivity contribution >= 4 is 51.5 Å². The van der Waals surface area contributed by atoms with Crippen LogP contribution in [0.5, 0.6) is 5.75 Å². The molecule has 0 fully saturated rings. The molecule has 7 heteroatoms. The number of hydrogen-bond acceptors (Lipinski definition) is 4. The first-order valence-corrected chi connectivity index (χ1v) is 10.1. The number of rotatable bonds is 8. The van der Waals surface area contributed by atoms with Gasteiger partial charge in [-0.15, -0.1) is 35.3 Å². The number of hydrogen-bond donors (Lipinski definition) is 2. The summed E-state index contributed by atoms with van der Waals surface area (Å²) in [7, 11) is 1.68. The molecule has 0 bridgehead atoms. The summed E-state index contributed by atoms with van der Waals surface area (Å²) in [5, 5.41) is 7.90. The number of guanidine groups is 1. The van der Waals surface area contributed by atoms with Crippen LogP contribution in [0.2, 0.25) is 0 Å². The summed E-state index contributed by atoms with van der Waals surface area (Å²) in [5.74, 6) is 1.70. The van der Waals surface area contributed by atoms with Crippen LogP contribution in [0.3, 0.4) is 0 Å². The average Bonchev–Trinajstić information content (AvgIpc) is 3.12. The Morgan fingerprint density at radius 1 is 1.14 bits per heavy atom. The number of aryl methyl sites for hydroxylation is 1. The Labute approximate surface area is 187 Å². The second kappa shape index (κ2) is 11.9. The van der Waals surface area contributed by atoms with Crippen molar-refractivity contribution in [2.45, 2.75) is 26.3 Å². The molecule has 0 unspecified atom stereocenters. The van der Waals surface area contributed by atoms with Gasteiger partial charge in [0.25, 0.3) is 0 Å². The molecule has 28 heavy (non-hydrogen) atoms. The number of nitrogens with zero attached hydrogens (tertiary/aromatic N) is 2. The molecule has 1 heterocycles. The van der Waals surface area contributed by atoms with Crippen LogP contribution in [0.4, 0.5) is 0 Å². The summed E-state index contributed by atoms with van der Waals surface area (Å²) in [5.41, 5.74) is 2.22. The lowest BCUT2D eigenvalue weighted by molar-refractivity contribution is 0.414. The van der Waals surface area contributed by atoms with Crippen LogP contribution >= 0.6 is 35.3 Å². The number of halogens is 1. The Balaban J connectivity index is 0.00000280. The van der Waals surface area contributed by atoms with Gasteiger partial charge in [-0.2, -0.15) is 0 Å². The van der Waals surface area contributed by atoms with Crippen molar-refractivity contribution in [3.63, 3.8) is 0 Å². The highest BCUT2D eigenvalue weighted by atomic mass is 127. The fraction of sp³-hybridized carbons (Fsp3) is 0.333. The zero-order valence-electron chi connectivity index (χ0n) is 16.3. The van der Waals surface area contributed by atoms with Crippen molar-refractivity contribution < 1.29 is 4.74 Å². The fourth-order valence-corrected chi connectivity index (χ4v) is 3.77. The minimum atomic E-state index is 0. The number of fused-ring (bicyclic) bond motifs is 1. The van der Waals surface area contributed by atoms with Gasteiger partial charge in [0.15, 0.2) is 5.96 Å². The van der Waals surface area contributed by atoms with Crippen molar-refractivity contribution in [1.82, 2.24) is 15.6 Å². The van der Waals surface area contributed by atoms with Crippen LogP contribution in [-0.2, 0) is 13.0 Å². The van der Waals surface area contributed by atoms with Crippen molar-refractivity contribution in [3.05, 3.63) is 59.1 Å². The number of methoxy groups -OCH3 is 1. The molecular weight excluding hydrogens is 483 g/mol. The van der Waals surface area contributed by atoms with E-state index < -0.39 is 0 Å². The van der Waals surface area contributed by atoms with Crippen molar-refractivity contribution in [2.24, 2.45) is 4.99 Å². The average molecular weight is 510 g/mol. The third-order valence-electron chi connectivity index (χ3n) is 4.10. The van der Waals surface area contributed by atoms with E-state index in [-0.39, 0.29) is 24.0 Å². The summed E-state index contributed by atoms with van der Waals surface area (Å²) in [6.07, 6.45) is 1.99. The van der Waals surface area contributed by atoms with E-state index in [9.17, 15) is 0 Å². The molecule has 3 aromatic rings. The molecule has 0 aliphatic heterocycles. The normalized spacial score (nSPS) is 11.1. The molecule has 0 aliphatic rings. The Morgan fingerprint density at radius 3 is 2.79 bits per heavy atom. The van der Waals surface area contributed by atoms with Crippen molar-refractivity contribution in [1.29, 1.82) is 0 Å². The second-order valence-corrected chi connectivity index (χ2v) is 7.27. The third kappa shape index (κ3) is 6.63. The second-order valence-electron chi connectivity index (χ2n) is 6.15. The molecule has 1 aromatic heterocycles.